The average molecular weight is 290 g/mol. The van der Waals surface area contributed by atoms with Gasteiger partial charge >= 0.3 is 0 Å². The summed E-state index contributed by atoms with van der Waals surface area (Å²) in [4.78, 5) is 0. The molecular weight excluding hydrogens is 278 g/mol. The minimum Gasteiger partial charge on any atom is -0.383 e. The molecule has 1 aliphatic rings. The van der Waals surface area contributed by atoms with Gasteiger partial charge in [0.25, 0.3) is 0 Å². The number of aliphatic hydroxyl groups is 1. The summed E-state index contributed by atoms with van der Waals surface area (Å²) in [6, 6.07) is 10.2. The largest absolute Gasteiger partial charge is 0.383 e. The number of hydrogen-bond donors (Lipinski definition) is 1. The molecule has 86 valence electrons. The molecule has 2 aromatic rings. The van der Waals surface area contributed by atoms with E-state index >= 15 is 0 Å². The molecule has 0 amide bonds. The van der Waals surface area contributed by atoms with Crippen molar-refractivity contribution in [2.45, 2.75) is 12.5 Å². The van der Waals surface area contributed by atoms with Crippen LogP contribution in [0.25, 0.3) is 16.6 Å². The van der Waals surface area contributed by atoms with Gasteiger partial charge < -0.3 is 9.67 Å². The number of allylic oxidation sites excluding steroid dienone is 2. The lowest BCUT2D eigenvalue weighted by Gasteiger charge is -2.18. The fraction of sp³-hybridized carbons (Fsp3) is 0.143. The summed E-state index contributed by atoms with van der Waals surface area (Å²) >= 11 is 3.56. The van der Waals surface area contributed by atoms with Gasteiger partial charge in [0, 0.05) is 5.39 Å². The summed E-state index contributed by atoms with van der Waals surface area (Å²) in [6.07, 6.45) is 6.20. The smallest absolute Gasteiger partial charge is 0.112 e. The summed E-state index contributed by atoms with van der Waals surface area (Å²) in [5.41, 5.74) is 2.03. The van der Waals surface area contributed by atoms with Crippen molar-refractivity contribution in [3.63, 3.8) is 0 Å². The second-order valence-corrected chi connectivity index (χ2v) is 4.91. The van der Waals surface area contributed by atoms with Gasteiger partial charge in [-0.05, 0) is 34.5 Å². The van der Waals surface area contributed by atoms with Crippen molar-refractivity contribution in [3.8, 4) is 0 Å². The Bertz CT molecular complexity index is 624. The first kappa shape index (κ1) is 10.8. The molecule has 1 heterocycles. The van der Waals surface area contributed by atoms with Crippen LogP contribution in [0.15, 0.2) is 53.2 Å². The predicted octanol–water partition coefficient (Wildman–Crippen LogP) is 3.57. The van der Waals surface area contributed by atoms with Gasteiger partial charge in [0.15, 0.2) is 0 Å². The molecule has 3 heteroatoms. The Morgan fingerprint density at radius 2 is 2.12 bits per heavy atom. The third kappa shape index (κ3) is 1.75. The Kier molecular flexibility index (Phi) is 2.65. The highest BCUT2D eigenvalue weighted by Crippen LogP contribution is 2.30. The molecule has 0 saturated carbocycles. The van der Waals surface area contributed by atoms with E-state index in [4.69, 9.17) is 0 Å². The van der Waals surface area contributed by atoms with Crippen molar-refractivity contribution >= 4 is 32.5 Å². The lowest BCUT2D eigenvalue weighted by Crippen LogP contribution is -2.14. The van der Waals surface area contributed by atoms with Gasteiger partial charge in [-0.25, -0.2) is 0 Å². The van der Waals surface area contributed by atoms with Crippen LogP contribution in [0.3, 0.4) is 0 Å². The molecule has 0 aliphatic heterocycles. The monoisotopic (exact) mass is 289 g/mol. The van der Waals surface area contributed by atoms with Crippen LogP contribution in [-0.2, 0) is 0 Å². The predicted molar refractivity (Wildman–Crippen MR) is 73.7 cm³/mol. The molecular formula is C14H12BrNO. The van der Waals surface area contributed by atoms with Crippen LogP contribution in [0.4, 0.5) is 0 Å². The molecule has 0 fully saturated rings. The van der Waals surface area contributed by atoms with E-state index in [0.29, 0.717) is 0 Å². The second kappa shape index (κ2) is 4.17. The summed E-state index contributed by atoms with van der Waals surface area (Å²) in [5.74, 6) is 0. The van der Waals surface area contributed by atoms with Crippen molar-refractivity contribution < 1.29 is 5.11 Å². The molecule has 1 unspecified atom stereocenters. The topological polar surface area (TPSA) is 25.2 Å². The number of aliphatic hydroxyl groups excluding tert-OH is 1. The first-order valence-corrected chi connectivity index (χ1v) is 6.38. The normalized spacial score (nSPS) is 19.6. The van der Waals surface area contributed by atoms with E-state index < -0.39 is 6.10 Å². The van der Waals surface area contributed by atoms with Crippen LogP contribution < -0.4 is 0 Å². The SMILES string of the molecule is OC1C=CCC=C1n1c(Br)cc2ccccc21. The molecule has 1 aromatic carbocycles. The number of para-hydroxylation sites is 1. The summed E-state index contributed by atoms with van der Waals surface area (Å²) < 4.78 is 3.03. The van der Waals surface area contributed by atoms with Crippen molar-refractivity contribution in [3.05, 3.63) is 53.2 Å². The molecule has 3 rings (SSSR count). The number of fused-ring (bicyclic) bond motifs is 1. The van der Waals surface area contributed by atoms with E-state index in [-0.39, 0.29) is 0 Å². The van der Waals surface area contributed by atoms with Crippen molar-refractivity contribution in [1.82, 2.24) is 4.57 Å². The summed E-state index contributed by atoms with van der Waals surface area (Å²) in [5, 5.41) is 11.2. The lowest BCUT2D eigenvalue weighted by atomic mass is 10.1. The zero-order valence-corrected chi connectivity index (χ0v) is 10.8. The van der Waals surface area contributed by atoms with Gasteiger partial charge in [-0.2, -0.15) is 0 Å². The molecule has 1 atom stereocenters. The highest BCUT2D eigenvalue weighted by Gasteiger charge is 2.16. The Balaban J connectivity index is 2.23. The summed E-state index contributed by atoms with van der Waals surface area (Å²) in [7, 11) is 0. The van der Waals surface area contributed by atoms with E-state index in [1.165, 1.54) is 5.39 Å². The number of hydrogen-bond acceptors (Lipinski definition) is 1. The van der Waals surface area contributed by atoms with Crippen LogP contribution in [0, 0.1) is 0 Å². The first-order chi connectivity index (χ1) is 8.27. The fourth-order valence-corrected chi connectivity index (χ4v) is 2.87. The van der Waals surface area contributed by atoms with E-state index in [1.54, 1.807) is 0 Å². The Hall–Kier alpha value is -1.32. The van der Waals surface area contributed by atoms with Crippen LogP contribution in [-0.4, -0.2) is 15.8 Å². The van der Waals surface area contributed by atoms with Gasteiger partial charge in [0.05, 0.1) is 15.8 Å². The van der Waals surface area contributed by atoms with Gasteiger partial charge in [0.1, 0.15) is 6.10 Å². The van der Waals surface area contributed by atoms with Gasteiger partial charge in [-0.1, -0.05) is 36.4 Å². The Labute approximate surface area is 108 Å². The van der Waals surface area contributed by atoms with E-state index in [2.05, 4.69) is 44.8 Å². The van der Waals surface area contributed by atoms with E-state index in [0.717, 1.165) is 22.2 Å². The van der Waals surface area contributed by atoms with Crippen LogP contribution in [0.1, 0.15) is 6.42 Å². The maximum Gasteiger partial charge on any atom is 0.112 e. The van der Waals surface area contributed by atoms with Crippen LogP contribution in [0.2, 0.25) is 0 Å². The molecule has 0 spiro atoms. The molecule has 1 aliphatic carbocycles. The first-order valence-electron chi connectivity index (χ1n) is 5.58. The standard InChI is InChI=1S/C14H12BrNO/c15-14-9-10-5-1-2-6-11(10)16(14)12-7-3-4-8-13(12)17/h1-2,4-9,13,17H,3H2. The summed E-state index contributed by atoms with van der Waals surface area (Å²) in [6.45, 7) is 0. The Morgan fingerprint density at radius 1 is 1.29 bits per heavy atom. The maximum atomic E-state index is 10.0. The number of aromatic nitrogens is 1. The highest BCUT2D eigenvalue weighted by molar-refractivity contribution is 9.10. The molecule has 2 nitrogen and oxygen atoms in total. The minimum atomic E-state index is -0.532. The minimum absolute atomic E-state index is 0.532. The number of rotatable bonds is 1. The van der Waals surface area contributed by atoms with Crippen LogP contribution in [0.5, 0.6) is 0 Å². The average Bonchev–Trinajstić information content (AvgIpc) is 2.66. The molecule has 1 aromatic heterocycles. The maximum absolute atomic E-state index is 10.0. The number of benzene rings is 1. The Morgan fingerprint density at radius 3 is 2.94 bits per heavy atom. The van der Waals surface area contributed by atoms with Crippen molar-refractivity contribution in [2.24, 2.45) is 0 Å². The molecule has 1 N–H and O–H groups in total. The van der Waals surface area contributed by atoms with Gasteiger partial charge in [-0.15, -0.1) is 0 Å². The third-order valence-electron chi connectivity index (χ3n) is 3.01. The highest BCUT2D eigenvalue weighted by atomic mass is 79.9. The van der Waals surface area contributed by atoms with E-state index in [9.17, 15) is 5.11 Å². The second-order valence-electron chi connectivity index (χ2n) is 4.10. The molecule has 0 saturated heterocycles. The molecule has 17 heavy (non-hydrogen) atoms. The fourth-order valence-electron chi connectivity index (χ4n) is 2.22. The van der Waals surface area contributed by atoms with E-state index in [1.807, 2.05) is 24.3 Å². The third-order valence-corrected chi connectivity index (χ3v) is 3.59. The van der Waals surface area contributed by atoms with Crippen molar-refractivity contribution in [2.75, 3.05) is 0 Å². The zero-order chi connectivity index (χ0) is 11.8. The van der Waals surface area contributed by atoms with Gasteiger partial charge in [-0.3, -0.25) is 0 Å². The van der Waals surface area contributed by atoms with Crippen LogP contribution >= 0.6 is 15.9 Å². The number of nitrogens with zero attached hydrogens (tertiary/aromatic N) is 1. The van der Waals surface area contributed by atoms with Gasteiger partial charge in [0.2, 0.25) is 0 Å². The number of halogens is 1. The lowest BCUT2D eigenvalue weighted by molar-refractivity contribution is 0.272. The molecule has 0 radical (unpaired) electrons. The molecule has 0 bridgehead atoms. The zero-order valence-electron chi connectivity index (χ0n) is 9.18. The quantitative estimate of drug-likeness (QED) is 0.798. The van der Waals surface area contributed by atoms with Crippen molar-refractivity contribution in [1.29, 1.82) is 0 Å².